The van der Waals surface area contributed by atoms with Gasteiger partial charge in [0.2, 0.25) is 0 Å². The van der Waals surface area contributed by atoms with Crippen LogP contribution >= 0.6 is 0 Å². The summed E-state index contributed by atoms with van der Waals surface area (Å²) in [6, 6.07) is 4.76. The van der Waals surface area contributed by atoms with Crippen LogP contribution < -0.4 is 15.5 Å². The van der Waals surface area contributed by atoms with Crippen molar-refractivity contribution in [3.8, 4) is 0 Å². The third-order valence-corrected chi connectivity index (χ3v) is 5.06. The van der Waals surface area contributed by atoms with Gasteiger partial charge in [0, 0.05) is 38.4 Å². The quantitative estimate of drug-likeness (QED) is 0.588. The van der Waals surface area contributed by atoms with Crippen LogP contribution in [-0.2, 0) is 0 Å². The molecule has 1 fully saturated rings. The first-order chi connectivity index (χ1) is 12.2. The molecule has 0 aliphatic carbocycles. The van der Waals surface area contributed by atoms with E-state index in [2.05, 4.69) is 60.3 Å². The number of guanidine groups is 1. The maximum Gasteiger partial charge on any atom is 0.191 e. The van der Waals surface area contributed by atoms with Gasteiger partial charge < -0.3 is 15.5 Å². The smallest absolute Gasteiger partial charge is 0.191 e. The van der Waals surface area contributed by atoms with E-state index >= 15 is 0 Å². The number of anilines is 1. The van der Waals surface area contributed by atoms with Gasteiger partial charge in [-0.3, -0.25) is 4.99 Å². The Bertz CT molecular complexity index is 513. The van der Waals surface area contributed by atoms with Crippen molar-refractivity contribution in [3.63, 3.8) is 0 Å². The van der Waals surface area contributed by atoms with Crippen LogP contribution in [-0.4, -0.2) is 43.2 Å². The lowest BCUT2D eigenvalue weighted by Gasteiger charge is -2.34. The second kappa shape index (κ2) is 10.3. The highest BCUT2D eigenvalue weighted by Gasteiger charge is 2.20. The zero-order chi connectivity index (χ0) is 18.1. The molecule has 5 nitrogen and oxygen atoms in total. The molecular weight excluding hydrogens is 310 g/mol. The predicted molar refractivity (Wildman–Crippen MR) is 107 cm³/mol. The van der Waals surface area contributed by atoms with Crippen LogP contribution in [0.25, 0.3) is 0 Å². The van der Waals surface area contributed by atoms with Crippen LogP contribution in [0.1, 0.15) is 52.0 Å². The van der Waals surface area contributed by atoms with Crippen molar-refractivity contribution in [2.75, 3.05) is 31.1 Å². The first-order valence-electron chi connectivity index (χ1n) is 9.88. The summed E-state index contributed by atoms with van der Waals surface area (Å²) in [7, 11) is 0. The number of aliphatic imine (C=N–C) groups is 1. The number of nitrogens with one attached hydrogen (secondary N) is 2. The third-order valence-electron chi connectivity index (χ3n) is 5.06. The van der Waals surface area contributed by atoms with Crippen LogP contribution in [0.15, 0.2) is 23.3 Å². The molecule has 1 aliphatic rings. The van der Waals surface area contributed by atoms with Crippen LogP contribution in [0.3, 0.4) is 0 Å². The van der Waals surface area contributed by atoms with Gasteiger partial charge in [-0.25, -0.2) is 4.98 Å². The number of nitrogens with zero attached hydrogens (tertiary/aromatic N) is 3. The maximum atomic E-state index is 4.80. The average Bonchev–Trinajstić information content (AvgIpc) is 2.64. The number of pyridine rings is 1. The van der Waals surface area contributed by atoms with Gasteiger partial charge in [-0.2, -0.15) is 0 Å². The van der Waals surface area contributed by atoms with Gasteiger partial charge in [0.05, 0.1) is 0 Å². The lowest BCUT2D eigenvalue weighted by Crippen LogP contribution is -2.49. The number of aromatic nitrogens is 1. The molecule has 0 aromatic carbocycles. The average molecular weight is 346 g/mol. The summed E-state index contributed by atoms with van der Waals surface area (Å²) in [5.41, 5.74) is 1.21. The molecule has 2 rings (SSSR count). The Labute approximate surface area is 153 Å². The topological polar surface area (TPSA) is 52.6 Å². The molecule has 25 heavy (non-hydrogen) atoms. The zero-order valence-corrected chi connectivity index (χ0v) is 16.4. The Hall–Kier alpha value is -1.78. The Balaban J connectivity index is 1.85. The Morgan fingerprint density at radius 3 is 2.52 bits per heavy atom. The third kappa shape index (κ3) is 6.22. The van der Waals surface area contributed by atoms with Crippen LogP contribution in [0.5, 0.6) is 0 Å². The minimum Gasteiger partial charge on any atom is -0.357 e. The SMILES string of the molecule is CCNC(=NCC(CC)CC)NC1CCN(c2ccc(C)cn2)CC1. The minimum absolute atomic E-state index is 0.487. The minimum atomic E-state index is 0.487. The van der Waals surface area contributed by atoms with E-state index < -0.39 is 0 Å². The van der Waals surface area contributed by atoms with Crippen molar-refractivity contribution in [1.29, 1.82) is 0 Å². The first-order valence-corrected chi connectivity index (χ1v) is 9.88. The van der Waals surface area contributed by atoms with Crippen molar-refractivity contribution in [1.82, 2.24) is 15.6 Å². The van der Waals surface area contributed by atoms with Crippen molar-refractivity contribution in [3.05, 3.63) is 23.9 Å². The highest BCUT2D eigenvalue weighted by Crippen LogP contribution is 2.18. The van der Waals surface area contributed by atoms with E-state index in [-0.39, 0.29) is 0 Å². The molecule has 0 radical (unpaired) electrons. The van der Waals surface area contributed by atoms with E-state index in [1.165, 1.54) is 18.4 Å². The molecule has 5 heteroatoms. The Kier molecular flexibility index (Phi) is 8.02. The zero-order valence-electron chi connectivity index (χ0n) is 16.4. The van der Waals surface area contributed by atoms with Gasteiger partial charge in [0.1, 0.15) is 5.82 Å². The molecule has 2 N–H and O–H groups in total. The van der Waals surface area contributed by atoms with E-state index in [9.17, 15) is 0 Å². The molecule has 0 spiro atoms. The van der Waals surface area contributed by atoms with Gasteiger partial charge in [0.15, 0.2) is 5.96 Å². The summed E-state index contributed by atoms with van der Waals surface area (Å²) in [5, 5.41) is 7.03. The molecule has 0 bridgehead atoms. The Morgan fingerprint density at radius 2 is 1.96 bits per heavy atom. The van der Waals surface area contributed by atoms with Gasteiger partial charge in [-0.1, -0.05) is 32.8 Å². The fraction of sp³-hybridized carbons (Fsp3) is 0.700. The molecule has 1 aromatic rings. The van der Waals surface area contributed by atoms with Crippen LogP contribution in [0, 0.1) is 12.8 Å². The van der Waals surface area contributed by atoms with Crippen LogP contribution in [0.2, 0.25) is 0 Å². The highest BCUT2D eigenvalue weighted by atomic mass is 15.2. The lowest BCUT2D eigenvalue weighted by molar-refractivity contribution is 0.456. The Morgan fingerprint density at radius 1 is 1.24 bits per heavy atom. The van der Waals surface area contributed by atoms with Crippen molar-refractivity contribution < 1.29 is 0 Å². The number of hydrogen-bond acceptors (Lipinski definition) is 3. The molecule has 0 amide bonds. The van der Waals surface area contributed by atoms with Gasteiger partial charge in [-0.05, 0) is 44.2 Å². The normalized spacial score (nSPS) is 16.4. The molecule has 1 aromatic heterocycles. The summed E-state index contributed by atoms with van der Waals surface area (Å²) in [5.74, 6) is 2.75. The van der Waals surface area contributed by atoms with E-state index in [1.54, 1.807) is 0 Å². The fourth-order valence-electron chi connectivity index (χ4n) is 3.18. The molecule has 0 unspecified atom stereocenters. The van der Waals surface area contributed by atoms with Crippen molar-refractivity contribution >= 4 is 11.8 Å². The van der Waals surface area contributed by atoms with Crippen molar-refractivity contribution in [2.45, 2.75) is 59.4 Å². The molecule has 140 valence electrons. The molecule has 1 aliphatic heterocycles. The monoisotopic (exact) mass is 345 g/mol. The summed E-state index contributed by atoms with van der Waals surface area (Å²) in [6.07, 6.45) is 6.58. The first kappa shape index (κ1) is 19.5. The standard InChI is InChI=1S/C20H35N5/c1-5-17(6-2)15-23-20(21-7-3)24-18-10-12-25(13-11-18)19-9-8-16(4)14-22-19/h8-9,14,17-18H,5-7,10-13,15H2,1-4H3,(H2,21,23,24). The number of aryl methyl sites for hydroxylation is 1. The lowest BCUT2D eigenvalue weighted by atomic mass is 10.0. The fourth-order valence-corrected chi connectivity index (χ4v) is 3.18. The van der Waals surface area contributed by atoms with E-state index in [1.807, 2.05) is 6.20 Å². The highest BCUT2D eigenvalue weighted by molar-refractivity contribution is 5.80. The molecule has 0 saturated carbocycles. The second-order valence-corrected chi connectivity index (χ2v) is 7.00. The predicted octanol–water partition coefficient (Wildman–Crippen LogP) is 3.35. The molecule has 2 heterocycles. The van der Waals surface area contributed by atoms with E-state index in [4.69, 9.17) is 4.99 Å². The number of hydrogen-bond donors (Lipinski definition) is 2. The number of rotatable bonds is 7. The molecular formula is C20H35N5. The van der Waals surface area contributed by atoms with E-state index in [0.29, 0.717) is 12.0 Å². The number of piperidine rings is 1. The summed E-state index contributed by atoms with van der Waals surface area (Å²) >= 11 is 0. The van der Waals surface area contributed by atoms with Gasteiger partial charge in [0.25, 0.3) is 0 Å². The van der Waals surface area contributed by atoms with Crippen molar-refractivity contribution in [2.24, 2.45) is 10.9 Å². The van der Waals surface area contributed by atoms with Gasteiger partial charge in [-0.15, -0.1) is 0 Å². The van der Waals surface area contributed by atoms with Gasteiger partial charge >= 0.3 is 0 Å². The second-order valence-electron chi connectivity index (χ2n) is 7.00. The largest absolute Gasteiger partial charge is 0.357 e. The summed E-state index contributed by atoms with van der Waals surface area (Å²) in [6.45, 7) is 12.6. The van der Waals surface area contributed by atoms with Crippen LogP contribution in [0.4, 0.5) is 5.82 Å². The summed E-state index contributed by atoms with van der Waals surface area (Å²) < 4.78 is 0. The summed E-state index contributed by atoms with van der Waals surface area (Å²) in [4.78, 5) is 11.7. The van der Waals surface area contributed by atoms with E-state index in [0.717, 1.165) is 50.8 Å². The molecule has 1 saturated heterocycles. The molecule has 0 atom stereocenters. The maximum absolute atomic E-state index is 4.80.